The molecule has 0 saturated heterocycles. The van der Waals surface area contributed by atoms with Gasteiger partial charge >= 0.3 is 0 Å². The smallest absolute Gasteiger partial charge is 0.271 e. The van der Waals surface area contributed by atoms with Gasteiger partial charge in [0.05, 0.1) is 40.2 Å². The number of hydrogen-bond donors (Lipinski definition) is 0. The first kappa shape index (κ1) is 23.8. The van der Waals surface area contributed by atoms with Crippen molar-refractivity contribution in [1.82, 2.24) is 14.5 Å². The number of halogens is 1. The van der Waals surface area contributed by atoms with Gasteiger partial charge in [0.25, 0.3) is 5.69 Å². The topological polar surface area (TPSA) is 76.6 Å². The van der Waals surface area contributed by atoms with Gasteiger partial charge in [0.1, 0.15) is 0 Å². The molecule has 9 heteroatoms. The molecule has 0 saturated carbocycles. The summed E-state index contributed by atoms with van der Waals surface area (Å²) in [6.07, 6.45) is 0.796. The molecule has 0 aliphatic heterocycles. The van der Waals surface area contributed by atoms with E-state index >= 15 is 0 Å². The van der Waals surface area contributed by atoms with E-state index in [0.29, 0.717) is 5.69 Å². The number of aryl methyl sites for hydroxylation is 1. The number of nitro groups is 1. The van der Waals surface area contributed by atoms with Gasteiger partial charge in [-0.1, -0.05) is 31.2 Å². The Bertz CT molecular complexity index is 1100. The van der Waals surface area contributed by atoms with E-state index in [0.717, 1.165) is 28.5 Å². The minimum absolute atomic E-state index is 0. The molecule has 0 N–H and O–H groups in total. The summed E-state index contributed by atoms with van der Waals surface area (Å²) in [6.45, 7) is 6.20. The van der Waals surface area contributed by atoms with E-state index in [2.05, 4.69) is 18.5 Å². The number of aromatic nitrogens is 2. The summed E-state index contributed by atoms with van der Waals surface area (Å²) in [7, 11) is 1.85. The zero-order valence-electron chi connectivity index (χ0n) is 17.8. The third-order valence-electron chi connectivity index (χ3n) is 5.04. The molecule has 1 unspecified atom stereocenters. The van der Waals surface area contributed by atoms with E-state index in [1.165, 1.54) is 6.07 Å². The van der Waals surface area contributed by atoms with E-state index in [9.17, 15) is 10.1 Å². The summed E-state index contributed by atoms with van der Waals surface area (Å²) in [5.41, 5.74) is 3.65. The van der Waals surface area contributed by atoms with Crippen molar-refractivity contribution in [3.05, 3.63) is 76.1 Å². The fourth-order valence-corrected chi connectivity index (χ4v) is 7.07. The SMILES string of the molecule is CCP(=Nc1cccc([N+](=O)[O-])c1)(c1c(C)nn(-c2ccccc2)c1C)N(C)C.Cl. The molecule has 1 atom stereocenters. The van der Waals surface area contributed by atoms with Gasteiger partial charge in [0.15, 0.2) is 0 Å². The van der Waals surface area contributed by atoms with Crippen LogP contribution in [0.25, 0.3) is 5.69 Å². The Morgan fingerprint density at radius 3 is 2.37 bits per heavy atom. The average molecular weight is 448 g/mol. The molecule has 0 bridgehead atoms. The maximum atomic E-state index is 11.2. The maximum Gasteiger partial charge on any atom is 0.271 e. The predicted octanol–water partition coefficient (Wildman–Crippen LogP) is 5.47. The van der Waals surface area contributed by atoms with Crippen LogP contribution in [0.2, 0.25) is 0 Å². The lowest BCUT2D eigenvalue weighted by Crippen LogP contribution is -2.23. The third kappa shape index (κ3) is 4.33. The van der Waals surface area contributed by atoms with Gasteiger partial charge in [-0.25, -0.2) is 9.43 Å². The molecule has 0 radical (unpaired) electrons. The second-order valence-corrected chi connectivity index (χ2v) is 10.6. The van der Waals surface area contributed by atoms with Crippen LogP contribution in [-0.4, -0.2) is 39.6 Å². The van der Waals surface area contributed by atoms with Gasteiger partial charge in [-0.05, 0) is 52.3 Å². The maximum absolute atomic E-state index is 11.2. The van der Waals surface area contributed by atoms with Crippen LogP contribution in [0.5, 0.6) is 0 Å². The third-order valence-corrected chi connectivity index (χ3v) is 9.17. The molecule has 0 spiro atoms. The van der Waals surface area contributed by atoms with Crippen molar-refractivity contribution in [2.24, 2.45) is 4.74 Å². The van der Waals surface area contributed by atoms with E-state index in [4.69, 9.17) is 9.84 Å². The minimum Gasteiger partial charge on any atom is -0.272 e. The Kier molecular flexibility index (Phi) is 7.59. The lowest BCUT2D eigenvalue weighted by atomic mass is 10.3. The van der Waals surface area contributed by atoms with E-state index in [1.54, 1.807) is 12.1 Å². The number of hydrogen-bond acceptors (Lipinski definition) is 4. The zero-order valence-corrected chi connectivity index (χ0v) is 19.5. The number of rotatable bonds is 6. The highest BCUT2D eigenvalue weighted by molar-refractivity contribution is 7.71. The highest BCUT2D eigenvalue weighted by Crippen LogP contribution is 2.54. The summed E-state index contributed by atoms with van der Waals surface area (Å²) >= 11 is 0. The van der Waals surface area contributed by atoms with Crippen molar-refractivity contribution >= 4 is 36.3 Å². The van der Waals surface area contributed by atoms with Crippen LogP contribution in [-0.2, 0) is 0 Å². The van der Waals surface area contributed by atoms with Crippen molar-refractivity contribution in [2.75, 3.05) is 20.3 Å². The summed E-state index contributed by atoms with van der Waals surface area (Å²) in [4.78, 5) is 10.8. The fourth-order valence-electron chi connectivity index (χ4n) is 3.68. The van der Waals surface area contributed by atoms with Crippen LogP contribution in [0, 0.1) is 24.0 Å². The Morgan fingerprint density at radius 2 is 1.80 bits per heavy atom. The molecule has 0 aliphatic carbocycles. The molecular formula is C21H27ClN5O2P. The van der Waals surface area contributed by atoms with Gasteiger partial charge in [-0.2, -0.15) is 5.10 Å². The van der Waals surface area contributed by atoms with Gasteiger partial charge in [0.2, 0.25) is 0 Å². The summed E-state index contributed by atoms with van der Waals surface area (Å²) < 4.78 is 9.25. The van der Waals surface area contributed by atoms with Gasteiger partial charge in [-0.3, -0.25) is 14.8 Å². The van der Waals surface area contributed by atoms with Crippen LogP contribution >= 0.6 is 19.6 Å². The molecule has 1 heterocycles. The fraction of sp³-hybridized carbons (Fsp3) is 0.286. The molecule has 1 aromatic heterocycles. The summed E-state index contributed by atoms with van der Waals surface area (Å²) in [5, 5.41) is 17.1. The molecular weight excluding hydrogens is 421 g/mol. The highest BCUT2D eigenvalue weighted by atomic mass is 35.5. The van der Waals surface area contributed by atoms with Crippen molar-refractivity contribution in [2.45, 2.75) is 20.8 Å². The molecule has 7 nitrogen and oxygen atoms in total. The minimum atomic E-state index is -2.20. The first-order chi connectivity index (χ1) is 13.8. The molecule has 30 heavy (non-hydrogen) atoms. The lowest BCUT2D eigenvalue weighted by Gasteiger charge is -2.31. The standard InChI is InChI=1S/C21H26N5O2P.ClH/c1-6-29(24(4)5,23-18-11-10-14-20(15-18)26(27)28)21-16(2)22-25(17(21)3)19-12-8-7-9-13-19;/h7-15H,6H2,1-5H3;1H. The first-order valence-corrected chi connectivity index (χ1v) is 11.3. The number of non-ortho nitro benzene ring substituents is 1. The molecule has 2 aromatic carbocycles. The van der Waals surface area contributed by atoms with Crippen LogP contribution < -0.4 is 5.30 Å². The Hall–Kier alpha value is -2.47. The van der Waals surface area contributed by atoms with Crippen LogP contribution in [0.4, 0.5) is 11.4 Å². The van der Waals surface area contributed by atoms with Gasteiger partial charge < -0.3 is 0 Å². The van der Waals surface area contributed by atoms with E-state index < -0.39 is 7.21 Å². The first-order valence-electron chi connectivity index (χ1n) is 9.46. The lowest BCUT2D eigenvalue weighted by molar-refractivity contribution is -0.384. The van der Waals surface area contributed by atoms with Crippen molar-refractivity contribution in [3.63, 3.8) is 0 Å². The van der Waals surface area contributed by atoms with Gasteiger partial charge in [-0.15, -0.1) is 12.4 Å². The molecule has 0 aliphatic rings. The monoisotopic (exact) mass is 447 g/mol. The Balaban J connectivity index is 0.00000320. The highest BCUT2D eigenvalue weighted by Gasteiger charge is 2.30. The second kappa shape index (κ2) is 9.56. The van der Waals surface area contributed by atoms with Crippen LogP contribution in [0.3, 0.4) is 0 Å². The Labute approximate surface area is 183 Å². The molecule has 160 valence electrons. The van der Waals surface area contributed by atoms with Gasteiger partial charge in [0, 0.05) is 12.1 Å². The van der Waals surface area contributed by atoms with Crippen LogP contribution in [0.15, 0.2) is 59.3 Å². The normalized spacial score (nSPS) is 12.9. The van der Waals surface area contributed by atoms with Crippen LogP contribution in [0.1, 0.15) is 18.3 Å². The van der Waals surface area contributed by atoms with Crippen molar-refractivity contribution < 1.29 is 4.92 Å². The number of benzene rings is 2. The molecule has 3 rings (SSSR count). The summed E-state index contributed by atoms with van der Waals surface area (Å²) in [6, 6.07) is 16.6. The zero-order chi connectivity index (χ0) is 21.2. The number of nitrogens with zero attached hydrogens (tertiary/aromatic N) is 5. The number of nitro benzene ring substituents is 1. The largest absolute Gasteiger partial charge is 0.272 e. The van der Waals surface area contributed by atoms with Crippen molar-refractivity contribution in [1.29, 1.82) is 0 Å². The quantitative estimate of drug-likeness (QED) is 0.285. The van der Waals surface area contributed by atoms with E-state index in [-0.39, 0.29) is 23.0 Å². The average Bonchev–Trinajstić information content (AvgIpc) is 3.01. The molecule has 3 aromatic rings. The Morgan fingerprint density at radius 1 is 1.13 bits per heavy atom. The van der Waals surface area contributed by atoms with Crippen molar-refractivity contribution in [3.8, 4) is 5.69 Å². The molecule has 0 fully saturated rings. The number of para-hydroxylation sites is 1. The molecule has 0 amide bonds. The predicted molar refractivity (Wildman–Crippen MR) is 126 cm³/mol. The summed E-state index contributed by atoms with van der Waals surface area (Å²) in [5.74, 6) is 0. The second-order valence-electron chi connectivity index (χ2n) is 7.04. The van der Waals surface area contributed by atoms with E-state index in [1.807, 2.05) is 62.1 Å².